The van der Waals surface area contributed by atoms with Crippen molar-refractivity contribution in [3.8, 4) is 0 Å². The Morgan fingerprint density at radius 1 is 1.06 bits per heavy atom. The lowest BCUT2D eigenvalue weighted by Gasteiger charge is -2.27. The first-order valence-electron chi connectivity index (χ1n) is 12.9. The molecule has 1 atom stereocenters. The fourth-order valence-electron chi connectivity index (χ4n) is 4.74. The third-order valence-corrected chi connectivity index (χ3v) is 8.31. The Balaban J connectivity index is 1.84. The summed E-state index contributed by atoms with van der Waals surface area (Å²) in [4.78, 5) is 41.3. The molecule has 0 saturated carbocycles. The summed E-state index contributed by atoms with van der Waals surface area (Å²) in [6, 6.07) is 6.90. The molecule has 200 valence electrons. The molecule has 0 N–H and O–H groups in total. The Bertz CT molecular complexity index is 983. The van der Waals surface area contributed by atoms with Crippen molar-refractivity contribution in [3.63, 3.8) is 0 Å². The first-order valence-corrected chi connectivity index (χ1v) is 16.6. The van der Waals surface area contributed by atoms with E-state index in [0.717, 1.165) is 29.3 Å². The van der Waals surface area contributed by atoms with Crippen LogP contribution in [0.2, 0.25) is 25.7 Å². The summed E-state index contributed by atoms with van der Waals surface area (Å²) in [7, 11) is -1.33. The number of anilines is 1. The molecule has 1 saturated heterocycles. The number of esters is 1. The maximum Gasteiger partial charge on any atom is 0.414 e. The number of ether oxygens (including phenoxy) is 3. The molecule has 1 spiro atoms. The van der Waals surface area contributed by atoms with Crippen LogP contribution < -0.4 is 4.90 Å². The molecule has 1 aromatic rings. The maximum atomic E-state index is 13.2. The fraction of sp³-hybridized carbons (Fsp3) is 0.667. The number of aryl methyl sites for hydroxylation is 1. The molecular formula is C27H42N2O6Si. The van der Waals surface area contributed by atoms with Crippen molar-refractivity contribution in [1.82, 2.24) is 4.90 Å². The Labute approximate surface area is 216 Å². The molecule has 36 heavy (non-hydrogen) atoms. The van der Waals surface area contributed by atoms with Gasteiger partial charge in [0.2, 0.25) is 0 Å². The lowest BCUT2D eigenvalue weighted by molar-refractivity contribution is -0.143. The molecule has 2 heterocycles. The topological polar surface area (TPSA) is 85.4 Å². The molecule has 8 nitrogen and oxygen atoms in total. The smallest absolute Gasteiger partial charge is 0.414 e. The van der Waals surface area contributed by atoms with Gasteiger partial charge in [0, 0.05) is 39.5 Å². The number of rotatable bonds is 7. The van der Waals surface area contributed by atoms with Crippen molar-refractivity contribution >= 4 is 31.9 Å². The summed E-state index contributed by atoms with van der Waals surface area (Å²) >= 11 is 0. The molecule has 9 heteroatoms. The van der Waals surface area contributed by atoms with Gasteiger partial charge < -0.3 is 19.1 Å². The van der Waals surface area contributed by atoms with Crippen LogP contribution in [0.4, 0.5) is 15.3 Å². The number of amides is 2. The van der Waals surface area contributed by atoms with Gasteiger partial charge in [0.1, 0.15) is 5.60 Å². The molecule has 0 aromatic heterocycles. The highest BCUT2D eigenvalue weighted by atomic mass is 28.3. The Morgan fingerprint density at radius 2 is 1.78 bits per heavy atom. The molecule has 0 bridgehead atoms. The predicted octanol–water partition coefficient (Wildman–Crippen LogP) is 5.36. The molecule has 3 rings (SSSR count). The summed E-state index contributed by atoms with van der Waals surface area (Å²) in [5.41, 5.74) is 1.87. The quantitative estimate of drug-likeness (QED) is 0.275. The summed E-state index contributed by atoms with van der Waals surface area (Å²) < 4.78 is 16.4. The van der Waals surface area contributed by atoms with Crippen LogP contribution in [0.15, 0.2) is 18.2 Å². The van der Waals surface area contributed by atoms with Gasteiger partial charge in [0.05, 0.1) is 18.9 Å². The largest absolute Gasteiger partial charge is 0.466 e. The normalized spacial score (nSPS) is 19.4. The molecule has 1 unspecified atom stereocenters. The van der Waals surface area contributed by atoms with Crippen LogP contribution in [0.25, 0.3) is 0 Å². The Morgan fingerprint density at radius 3 is 2.42 bits per heavy atom. The summed E-state index contributed by atoms with van der Waals surface area (Å²) in [6.45, 7) is 16.4. The highest BCUT2D eigenvalue weighted by molar-refractivity contribution is 6.76. The maximum absolute atomic E-state index is 13.2. The van der Waals surface area contributed by atoms with Crippen molar-refractivity contribution in [2.24, 2.45) is 0 Å². The van der Waals surface area contributed by atoms with E-state index in [0.29, 0.717) is 45.7 Å². The van der Waals surface area contributed by atoms with Crippen LogP contribution >= 0.6 is 0 Å². The van der Waals surface area contributed by atoms with E-state index in [1.54, 1.807) is 16.7 Å². The predicted molar refractivity (Wildman–Crippen MR) is 142 cm³/mol. The number of likely N-dealkylation sites (tertiary alicyclic amines) is 1. The zero-order valence-electron chi connectivity index (χ0n) is 22.9. The van der Waals surface area contributed by atoms with Crippen molar-refractivity contribution in [2.75, 3.05) is 37.7 Å². The number of benzene rings is 1. The Kier molecular flexibility index (Phi) is 8.43. The second-order valence-electron chi connectivity index (χ2n) is 12.1. The summed E-state index contributed by atoms with van der Waals surface area (Å²) in [6.07, 6.45) is 0.890. The van der Waals surface area contributed by atoms with Crippen LogP contribution in [0.3, 0.4) is 0 Å². The highest BCUT2D eigenvalue weighted by Crippen LogP contribution is 2.47. The van der Waals surface area contributed by atoms with Crippen LogP contribution in [0, 0.1) is 0 Å². The minimum atomic E-state index is -1.33. The summed E-state index contributed by atoms with van der Waals surface area (Å²) in [5.74, 6) is -0.225. The van der Waals surface area contributed by atoms with E-state index >= 15 is 0 Å². The molecule has 0 radical (unpaired) electrons. The SMILES string of the molecule is CCOC(=O)CCc1ccc2c(c1)C1(CCN(C(=O)OC(C)(C)C)C1)CN2C(=O)OCC[Si](C)(C)C. The lowest BCUT2D eigenvalue weighted by Crippen LogP contribution is -2.41. The first-order chi connectivity index (χ1) is 16.7. The minimum Gasteiger partial charge on any atom is -0.466 e. The average molecular weight is 519 g/mol. The molecule has 2 aliphatic heterocycles. The molecule has 2 amide bonds. The van der Waals surface area contributed by atoms with Gasteiger partial charge in [0.25, 0.3) is 0 Å². The minimum absolute atomic E-state index is 0.225. The van der Waals surface area contributed by atoms with Gasteiger partial charge >= 0.3 is 18.2 Å². The molecular weight excluding hydrogens is 476 g/mol. The van der Waals surface area contributed by atoms with Crippen LogP contribution in [0.5, 0.6) is 0 Å². The zero-order chi connectivity index (χ0) is 26.7. The third-order valence-electron chi connectivity index (χ3n) is 6.61. The van der Waals surface area contributed by atoms with E-state index in [9.17, 15) is 14.4 Å². The van der Waals surface area contributed by atoms with Gasteiger partial charge in [-0.1, -0.05) is 31.8 Å². The van der Waals surface area contributed by atoms with Gasteiger partial charge in [-0.25, -0.2) is 9.59 Å². The average Bonchev–Trinajstić information content (AvgIpc) is 3.33. The number of carbonyl (C=O) groups is 3. The van der Waals surface area contributed by atoms with Gasteiger partial charge in [-0.2, -0.15) is 0 Å². The van der Waals surface area contributed by atoms with Crippen LogP contribution in [-0.4, -0.2) is 69.6 Å². The van der Waals surface area contributed by atoms with Gasteiger partial charge in [0.15, 0.2) is 0 Å². The van der Waals surface area contributed by atoms with Crippen molar-refractivity contribution in [1.29, 1.82) is 0 Å². The van der Waals surface area contributed by atoms with E-state index in [2.05, 4.69) is 25.7 Å². The lowest BCUT2D eigenvalue weighted by atomic mass is 9.81. The van der Waals surface area contributed by atoms with E-state index in [1.807, 2.05) is 32.9 Å². The monoisotopic (exact) mass is 518 g/mol. The van der Waals surface area contributed by atoms with Crippen molar-refractivity contribution in [3.05, 3.63) is 29.3 Å². The van der Waals surface area contributed by atoms with E-state index in [-0.39, 0.29) is 18.2 Å². The second kappa shape index (κ2) is 10.8. The second-order valence-corrected chi connectivity index (χ2v) is 17.7. The van der Waals surface area contributed by atoms with Crippen molar-refractivity contribution in [2.45, 2.75) is 83.7 Å². The number of hydrogen-bond donors (Lipinski definition) is 0. The molecule has 1 fully saturated rings. The number of nitrogens with zero attached hydrogens (tertiary/aromatic N) is 2. The van der Waals surface area contributed by atoms with E-state index < -0.39 is 19.1 Å². The number of fused-ring (bicyclic) bond motifs is 2. The molecule has 0 aliphatic carbocycles. The highest BCUT2D eigenvalue weighted by Gasteiger charge is 2.50. The third kappa shape index (κ3) is 7.02. The van der Waals surface area contributed by atoms with Crippen LogP contribution in [0.1, 0.15) is 51.7 Å². The molecule has 2 aliphatic rings. The fourth-order valence-corrected chi connectivity index (χ4v) is 5.45. The van der Waals surface area contributed by atoms with Crippen molar-refractivity contribution < 1.29 is 28.6 Å². The summed E-state index contributed by atoms with van der Waals surface area (Å²) in [5, 5.41) is 0. The number of hydrogen-bond acceptors (Lipinski definition) is 6. The van der Waals surface area contributed by atoms with Gasteiger partial charge in [-0.05, 0) is 63.8 Å². The first kappa shape index (κ1) is 28.0. The Hall–Kier alpha value is -2.55. The van der Waals surface area contributed by atoms with E-state index in [4.69, 9.17) is 14.2 Å². The zero-order valence-corrected chi connectivity index (χ0v) is 23.9. The van der Waals surface area contributed by atoms with Gasteiger partial charge in [-0.15, -0.1) is 0 Å². The number of carbonyl (C=O) groups excluding carboxylic acids is 3. The van der Waals surface area contributed by atoms with Gasteiger partial charge in [-0.3, -0.25) is 9.69 Å². The molecule has 1 aromatic carbocycles. The standard InChI is InChI=1S/C27H42N2O6Si/c1-8-33-23(30)12-10-20-9-11-22-21(17-20)27(13-14-28(18-27)24(31)35-26(2,3)4)19-29(22)25(32)34-15-16-36(5,6)7/h9,11,17H,8,10,12-16,18-19H2,1-7H3. The van der Waals surface area contributed by atoms with Crippen LogP contribution in [-0.2, 0) is 30.8 Å². The van der Waals surface area contributed by atoms with E-state index in [1.165, 1.54) is 0 Å².